The monoisotopic (exact) mass is 429 g/mol. The van der Waals surface area contributed by atoms with Crippen LogP contribution in [0.4, 0.5) is 0 Å². The van der Waals surface area contributed by atoms with Crippen LogP contribution in [0.3, 0.4) is 0 Å². The molecule has 8 heteroatoms. The number of carbonyl (C=O) groups excluding carboxylic acids is 1. The largest absolute Gasteiger partial charge is 0.339 e. The Bertz CT molecular complexity index is 1020. The predicted octanol–water partition coefficient (Wildman–Crippen LogP) is 4.06. The summed E-state index contributed by atoms with van der Waals surface area (Å²) in [5, 5.41) is 15.2. The smallest absolute Gasteiger partial charge is 0.226 e. The van der Waals surface area contributed by atoms with E-state index in [9.17, 15) is 4.79 Å². The number of benzene rings is 1. The number of aromatic amines is 2. The normalized spacial score (nSPS) is 21.6. The highest BCUT2D eigenvalue weighted by atomic mass is 35.5. The topological polar surface area (TPSA) is 77.7 Å². The Hall–Kier alpha value is -2.31. The molecule has 2 unspecified atom stereocenters. The molecule has 0 bridgehead atoms. The van der Waals surface area contributed by atoms with Crippen LogP contribution in [0.15, 0.2) is 30.7 Å². The summed E-state index contributed by atoms with van der Waals surface area (Å²) < 4.78 is 0. The van der Waals surface area contributed by atoms with Crippen LogP contribution >= 0.6 is 23.2 Å². The minimum Gasteiger partial charge on any atom is -0.339 e. The summed E-state index contributed by atoms with van der Waals surface area (Å²) in [4.78, 5) is 15.2. The third-order valence-corrected chi connectivity index (χ3v) is 6.88. The molecule has 2 aliphatic rings. The van der Waals surface area contributed by atoms with E-state index in [-0.39, 0.29) is 17.9 Å². The number of nitrogens with one attached hydrogen (secondary N) is 2. The lowest BCUT2D eigenvalue weighted by Gasteiger charge is -2.31. The summed E-state index contributed by atoms with van der Waals surface area (Å²) >= 11 is 13.1. The van der Waals surface area contributed by atoms with Gasteiger partial charge in [0, 0.05) is 46.0 Å². The van der Waals surface area contributed by atoms with Crippen molar-refractivity contribution in [2.24, 2.45) is 5.92 Å². The Kier molecular flexibility index (Phi) is 4.84. The Morgan fingerprint density at radius 1 is 1.10 bits per heavy atom. The molecule has 5 rings (SSSR count). The second-order valence-corrected chi connectivity index (χ2v) is 8.71. The van der Waals surface area contributed by atoms with Gasteiger partial charge in [0.15, 0.2) is 0 Å². The van der Waals surface area contributed by atoms with Crippen LogP contribution in [0.5, 0.6) is 0 Å². The van der Waals surface area contributed by atoms with E-state index in [4.69, 9.17) is 23.2 Å². The molecule has 2 atom stereocenters. The first-order valence-corrected chi connectivity index (χ1v) is 10.6. The van der Waals surface area contributed by atoms with Crippen molar-refractivity contribution in [3.05, 3.63) is 57.6 Å². The number of aryl methyl sites for hydroxylation is 1. The number of hydrogen-bond acceptors (Lipinski definition) is 3. The fourth-order valence-corrected chi connectivity index (χ4v) is 5.24. The van der Waals surface area contributed by atoms with Crippen LogP contribution in [0.1, 0.15) is 29.7 Å². The van der Waals surface area contributed by atoms with Crippen LogP contribution in [0, 0.1) is 5.92 Å². The van der Waals surface area contributed by atoms with E-state index in [1.165, 1.54) is 11.3 Å². The van der Waals surface area contributed by atoms with Crippen molar-refractivity contribution in [1.29, 1.82) is 0 Å². The first kappa shape index (κ1) is 18.7. The van der Waals surface area contributed by atoms with Crippen molar-refractivity contribution < 1.29 is 4.79 Å². The van der Waals surface area contributed by atoms with Crippen LogP contribution < -0.4 is 0 Å². The molecule has 1 amide bonds. The lowest BCUT2D eigenvalue weighted by Crippen LogP contribution is -2.41. The summed E-state index contributed by atoms with van der Waals surface area (Å²) in [6, 6.07) is 4.05. The molecule has 1 aliphatic carbocycles. The Labute approximate surface area is 178 Å². The number of hydrogen-bond donors (Lipinski definition) is 2. The lowest BCUT2D eigenvalue weighted by atomic mass is 9.92. The van der Waals surface area contributed by atoms with Crippen LogP contribution in [0.2, 0.25) is 10.0 Å². The first-order valence-electron chi connectivity index (χ1n) is 9.89. The number of carbonyl (C=O) groups is 1. The van der Waals surface area contributed by atoms with Gasteiger partial charge in [0.1, 0.15) is 0 Å². The zero-order valence-electron chi connectivity index (χ0n) is 15.8. The van der Waals surface area contributed by atoms with Crippen molar-refractivity contribution in [3.63, 3.8) is 0 Å². The Morgan fingerprint density at radius 2 is 1.93 bits per heavy atom. The second kappa shape index (κ2) is 7.50. The number of H-pyrrole nitrogens is 2. The SMILES string of the molecule is O=C1C(Cc2c(Cl)cc(-c3cn[nH]c3)cc2Cl)CCN1C1CCc2[nH]ncc2C1. The van der Waals surface area contributed by atoms with Gasteiger partial charge in [0.25, 0.3) is 0 Å². The highest BCUT2D eigenvalue weighted by Gasteiger charge is 2.37. The number of aromatic nitrogens is 4. The summed E-state index contributed by atoms with van der Waals surface area (Å²) in [6.45, 7) is 0.795. The van der Waals surface area contributed by atoms with E-state index in [1.54, 1.807) is 12.4 Å². The third kappa shape index (κ3) is 3.45. The van der Waals surface area contributed by atoms with Gasteiger partial charge in [-0.3, -0.25) is 15.0 Å². The lowest BCUT2D eigenvalue weighted by molar-refractivity contribution is -0.133. The molecular weight excluding hydrogens is 409 g/mol. The molecule has 1 saturated heterocycles. The van der Waals surface area contributed by atoms with Gasteiger partial charge < -0.3 is 4.90 Å². The van der Waals surface area contributed by atoms with E-state index < -0.39 is 0 Å². The first-order chi connectivity index (χ1) is 14.1. The molecule has 3 aromatic rings. The van der Waals surface area contributed by atoms with Gasteiger partial charge in [-0.15, -0.1) is 0 Å². The maximum Gasteiger partial charge on any atom is 0.226 e. The van der Waals surface area contributed by atoms with Gasteiger partial charge in [0.2, 0.25) is 5.91 Å². The van der Waals surface area contributed by atoms with Crippen molar-refractivity contribution in [2.45, 2.75) is 38.1 Å². The highest BCUT2D eigenvalue weighted by molar-refractivity contribution is 6.36. The summed E-state index contributed by atoms with van der Waals surface area (Å²) in [5.74, 6) is 0.142. The molecule has 0 saturated carbocycles. The van der Waals surface area contributed by atoms with Crippen molar-refractivity contribution in [2.75, 3.05) is 6.54 Å². The molecule has 2 N–H and O–H groups in total. The van der Waals surface area contributed by atoms with E-state index in [1.807, 2.05) is 18.3 Å². The molecule has 3 heterocycles. The predicted molar refractivity (Wildman–Crippen MR) is 112 cm³/mol. The highest BCUT2D eigenvalue weighted by Crippen LogP contribution is 2.36. The van der Waals surface area contributed by atoms with E-state index >= 15 is 0 Å². The number of fused-ring (bicyclic) bond motifs is 1. The molecule has 1 aromatic carbocycles. The minimum atomic E-state index is -0.0736. The zero-order valence-corrected chi connectivity index (χ0v) is 17.3. The van der Waals surface area contributed by atoms with Crippen LogP contribution in [-0.2, 0) is 24.1 Å². The fraction of sp³-hybridized carbons (Fsp3) is 0.381. The quantitative estimate of drug-likeness (QED) is 0.656. The standard InChI is InChI=1S/C21H21Cl2N5O/c22-18-7-13(15-10-24-25-11-15)8-19(23)17(18)6-12-3-4-28(21(12)29)16-1-2-20-14(5-16)9-26-27-20/h7-12,16H,1-6H2,(H,24,25)(H,26,27). The minimum absolute atomic E-state index is 0.0736. The van der Waals surface area contributed by atoms with E-state index in [0.717, 1.165) is 48.9 Å². The maximum absolute atomic E-state index is 13.1. The molecule has 1 aliphatic heterocycles. The van der Waals surface area contributed by atoms with E-state index in [0.29, 0.717) is 16.5 Å². The Balaban J connectivity index is 1.31. The van der Waals surface area contributed by atoms with Crippen LogP contribution in [-0.4, -0.2) is 43.8 Å². The second-order valence-electron chi connectivity index (χ2n) is 7.90. The van der Waals surface area contributed by atoms with Gasteiger partial charge in [-0.25, -0.2) is 0 Å². The number of rotatable bonds is 4. The van der Waals surface area contributed by atoms with E-state index in [2.05, 4.69) is 25.3 Å². The number of halogens is 2. The third-order valence-electron chi connectivity index (χ3n) is 6.21. The molecule has 0 radical (unpaired) electrons. The molecule has 29 heavy (non-hydrogen) atoms. The summed E-state index contributed by atoms with van der Waals surface area (Å²) in [7, 11) is 0. The number of likely N-dealkylation sites (tertiary alicyclic amines) is 1. The molecule has 1 fully saturated rings. The van der Waals surface area contributed by atoms with Gasteiger partial charge >= 0.3 is 0 Å². The summed E-state index contributed by atoms with van der Waals surface area (Å²) in [6.07, 6.45) is 9.64. The maximum atomic E-state index is 13.1. The summed E-state index contributed by atoms with van der Waals surface area (Å²) in [5.41, 5.74) is 5.13. The molecule has 150 valence electrons. The van der Waals surface area contributed by atoms with Crippen molar-refractivity contribution in [1.82, 2.24) is 25.3 Å². The zero-order chi connectivity index (χ0) is 20.0. The van der Waals surface area contributed by atoms with Gasteiger partial charge in [-0.2, -0.15) is 10.2 Å². The molecule has 2 aromatic heterocycles. The average Bonchev–Trinajstić information content (AvgIpc) is 3.45. The fourth-order valence-electron chi connectivity index (χ4n) is 4.60. The van der Waals surface area contributed by atoms with Gasteiger partial charge in [-0.05, 0) is 60.9 Å². The molecule has 0 spiro atoms. The van der Waals surface area contributed by atoms with Crippen molar-refractivity contribution in [3.8, 4) is 11.1 Å². The van der Waals surface area contributed by atoms with Crippen LogP contribution in [0.25, 0.3) is 11.1 Å². The van der Waals surface area contributed by atoms with Gasteiger partial charge in [0.05, 0.1) is 12.4 Å². The number of amides is 1. The average molecular weight is 430 g/mol. The number of nitrogens with zero attached hydrogens (tertiary/aromatic N) is 3. The molecule has 6 nitrogen and oxygen atoms in total. The van der Waals surface area contributed by atoms with Crippen molar-refractivity contribution >= 4 is 29.1 Å². The van der Waals surface area contributed by atoms with Gasteiger partial charge in [-0.1, -0.05) is 23.2 Å². The molecular formula is C21H21Cl2N5O. The Morgan fingerprint density at radius 3 is 2.69 bits per heavy atom.